The Bertz CT molecular complexity index is 928. The van der Waals surface area contributed by atoms with Crippen molar-refractivity contribution in [2.24, 2.45) is 5.14 Å². The van der Waals surface area contributed by atoms with Gasteiger partial charge in [0.15, 0.2) is 0 Å². The van der Waals surface area contributed by atoms with E-state index < -0.39 is 10.0 Å². The molecule has 0 aliphatic rings. The Labute approximate surface area is 134 Å². The molecule has 0 aliphatic heterocycles. The summed E-state index contributed by atoms with van der Waals surface area (Å²) in [6.45, 7) is 0. The maximum atomic E-state index is 11.4. The summed E-state index contributed by atoms with van der Waals surface area (Å²) in [5, 5.41) is 8.12. The zero-order chi connectivity index (χ0) is 16.3. The molecule has 7 heteroatoms. The second kappa shape index (κ2) is 6.15. The van der Waals surface area contributed by atoms with Gasteiger partial charge in [-0.15, -0.1) is 0 Å². The normalized spacial score (nSPS) is 11.2. The van der Waals surface area contributed by atoms with Crippen LogP contribution >= 0.6 is 0 Å². The van der Waals surface area contributed by atoms with Crippen LogP contribution in [0.2, 0.25) is 0 Å². The van der Waals surface area contributed by atoms with Crippen molar-refractivity contribution in [2.45, 2.75) is 4.90 Å². The van der Waals surface area contributed by atoms with Gasteiger partial charge in [-0.3, -0.25) is 0 Å². The minimum atomic E-state index is -3.75. The largest absolute Gasteiger partial charge is 0.324 e. The lowest BCUT2D eigenvalue weighted by Crippen LogP contribution is -2.12. The molecule has 0 atom stereocenters. The van der Waals surface area contributed by atoms with E-state index in [1.165, 1.54) is 12.1 Å². The van der Waals surface area contributed by atoms with E-state index in [1.807, 2.05) is 30.3 Å². The number of hydrogen-bond donors (Lipinski definition) is 2. The van der Waals surface area contributed by atoms with Crippen LogP contribution in [0.25, 0.3) is 11.3 Å². The second-order valence-corrected chi connectivity index (χ2v) is 6.39. The molecule has 0 spiro atoms. The quantitative estimate of drug-likeness (QED) is 0.768. The molecule has 1 aromatic heterocycles. The second-order valence-electron chi connectivity index (χ2n) is 4.83. The van der Waals surface area contributed by atoms with Crippen molar-refractivity contribution in [1.82, 2.24) is 9.97 Å². The fraction of sp³-hybridized carbons (Fsp3) is 0. The van der Waals surface area contributed by atoms with Crippen molar-refractivity contribution in [3.05, 3.63) is 66.9 Å². The summed E-state index contributed by atoms with van der Waals surface area (Å²) in [6, 6.07) is 17.7. The van der Waals surface area contributed by atoms with Gasteiger partial charge in [-0.1, -0.05) is 36.4 Å². The van der Waals surface area contributed by atoms with E-state index in [4.69, 9.17) is 5.14 Å². The standard InChI is InChI=1S/C16H14N4O2S/c17-23(21,22)14-8-4-7-13(11-14)19-16-18-10-9-15(20-16)12-5-2-1-3-6-12/h1-11H,(H2,17,21,22)(H,18,19,20). The van der Waals surface area contributed by atoms with Crippen LogP contribution < -0.4 is 10.5 Å². The van der Waals surface area contributed by atoms with Crippen molar-refractivity contribution < 1.29 is 8.42 Å². The average Bonchev–Trinajstić information content (AvgIpc) is 2.55. The first-order valence-corrected chi connectivity index (χ1v) is 8.35. The van der Waals surface area contributed by atoms with Gasteiger partial charge in [0.05, 0.1) is 10.6 Å². The van der Waals surface area contributed by atoms with Crippen LogP contribution in [0, 0.1) is 0 Å². The zero-order valence-electron chi connectivity index (χ0n) is 12.0. The number of aromatic nitrogens is 2. The number of nitrogens with zero attached hydrogens (tertiary/aromatic N) is 2. The first kappa shape index (κ1) is 15.1. The van der Waals surface area contributed by atoms with Crippen LogP contribution in [0.5, 0.6) is 0 Å². The van der Waals surface area contributed by atoms with Crippen molar-refractivity contribution in [3.63, 3.8) is 0 Å². The third-order valence-corrected chi connectivity index (χ3v) is 4.05. The minimum Gasteiger partial charge on any atom is -0.324 e. The minimum absolute atomic E-state index is 0.0294. The summed E-state index contributed by atoms with van der Waals surface area (Å²) in [5.41, 5.74) is 2.28. The Morgan fingerprint density at radius 1 is 0.957 bits per heavy atom. The van der Waals surface area contributed by atoms with E-state index in [1.54, 1.807) is 24.4 Å². The summed E-state index contributed by atoms with van der Waals surface area (Å²) < 4.78 is 22.8. The molecular formula is C16H14N4O2S. The molecule has 6 nitrogen and oxygen atoms in total. The van der Waals surface area contributed by atoms with Gasteiger partial charge >= 0.3 is 0 Å². The summed E-state index contributed by atoms with van der Waals surface area (Å²) in [6.07, 6.45) is 1.64. The van der Waals surface area contributed by atoms with Crippen LogP contribution in [-0.4, -0.2) is 18.4 Å². The van der Waals surface area contributed by atoms with Gasteiger partial charge in [-0.05, 0) is 24.3 Å². The molecule has 0 saturated heterocycles. The van der Waals surface area contributed by atoms with E-state index in [2.05, 4.69) is 15.3 Å². The van der Waals surface area contributed by atoms with Crippen LogP contribution in [0.3, 0.4) is 0 Å². The Morgan fingerprint density at radius 3 is 2.48 bits per heavy atom. The van der Waals surface area contributed by atoms with E-state index >= 15 is 0 Å². The third-order valence-electron chi connectivity index (χ3n) is 3.14. The molecule has 23 heavy (non-hydrogen) atoms. The van der Waals surface area contributed by atoms with Crippen molar-refractivity contribution in [1.29, 1.82) is 0 Å². The number of nitrogens with one attached hydrogen (secondary N) is 1. The number of nitrogens with two attached hydrogens (primary N) is 1. The highest BCUT2D eigenvalue weighted by molar-refractivity contribution is 7.89. The smallest absolute Gasteiger partial charge is 0.238 e. The van der Waals surface area contributed by atoms with E-state index in [0.29, 0.717) is 11.6 Å². The molecule has 3 aromatic rings. The third kappa shape index (κ3) is 3.71. The van der Waals surface area contributed by atoms with Crippen LogP contribution in [0.1, 0.15) is 0 Å². The highest BCUT2D eigenvalue weighted by Crippen LogP contribution is 2.20. The summed E-state index contributed by atoms with van der Waals surface area (Å²) in [7, 11) is -3.75. The molecule has 0 amide bonds. The highest BCUT2D eigenvalue weighted by atomic mass is 32.2. The molecular weight excluding hydrogens is 312 g/mol. The van der Waals surface area contributed by atoms with Crippen molar-refractivity contribution >= 4 is 21.7 Å². The molecule has 0 fully saturated rings. The number of primary sulfonamides is 1. The molecule has 3 N–H and O–H groups in total. The number of rotatable bonds is 4. The summed E-state index contributed by atoms with van der Waals surface area (Å²) >= 11 is 0. The summed E-state index contributed by atoms with van der Waals surface area (Å²) in [5.74, 6) is 0.373. The maximum absolute atomic E-state index is 11.4. The molecule has 116 valence electrons. The number of sulfonamides is 1. The molecule has 1 heterocycles. The molecule has 3 rings (SSSR count). The maximum Gasteiger partial charge on any atom is 0.238 e. The van der Waals surface area contributed by atoms with E-state index in [-0.39, 0.29) is 4.90 Å². The van der Waals surface area contributed by atoms with E-state index in [9.17, 15) is 8.42 Å². The van der Waals surface area contributed by atoms with Crippen molar-refractivity contribution in [3.8, 4) is 11.3 Å². The Hall–Kier alpha value is -2.77. The lowest BCUT2D eigenvalue weighted by atomic mass is 10.1. The molecule has 0 radical (unpaired) electrons. The Balaban J connectivity index is 1.90. The lowest BCUT2D eigenvalue weighted by Gasteiger charge is -2.07. The molecule has 0 unspecified atom stereocenters. The molecule has 0 saturated carbocycles. The van der Waals surface area contributed by atoms with Crippen molar-refractivity contribution in [2.75, 3.05) is 5.32 Å². The van der Waals surface area contributed by atoms with E-state index in [0.717, 1.165) is 11.3 Å². The summed E-state index contributed by atoms with van der Waals surface area (Å²) in [4.78, 5) is 8.61. The fourth-order valence-electron chi connectivity index (χ4n) is 2.07. The average molecular weight is 326 g/mol. The Morgan fingerprint density at radius 2 is 1.74 bits per heavy atom. The fourth-order valence-corrected chi connectivity index (χ4v) is 2.63. The number of anilines is 2. The van der Waals surface area contributed by atoms with Gasteiger partial charge in [0.2, 0.25) is 16.0 Å². The predicted octanol–water partition coefficient (Wildman–Crippen LogP) is 2.53. The lowest BCUT2D eigenvalue weighted by molar-refractivity contribution is 0.598. The van der Waals surface area contributed by atoms with Crippen LogP contribution in [0.15, 0.2) is 71.8 Å². The van der Waals surface area contributed by atoms with Crippen LogP contribution in [0.4, 0.5) is 11.6 Å². The van der Waals surface area contributed by atoms with Gasteiger partial charge in [0.25, 0.3) is 0 Å². The SMILES string of the molecule is NS(=O)(=O)c1cccc(Nc2nccc(-c3ccccc3)n2)c1. The van der Waals surface area contributed by atoms with Gasteiger partial charge in [0, 0.05) is 17.4 Å². The predicted molar refractivity (Wildman–Crippen MR) is 88.6 cm³/mol. The monoisotopic (exact) mass is 326 g/mol. The highest BCUT2D eigenvalue weighted by Gasteiger charge is 2.09. The number of hydrogen-bond acceptors (Lipinski definition) is 5. The topological polar surface area (TPSA) is 98.0 Å². The Kier molecular flexibility index (Phi) is 4.05. The van der Waals surface area contributed by atoms with Gasteiger partial charge in [0.1, 0.15) is 0 Å². The zero-order valence-corrected chi connectivity index (χ0v) is 12.9. The first-order valence-electron chi connectivity index (χ1n) is 6.81. The molecule has 0 aliphatic carbocycles. The number of benzene rings is 2. The van der Waals surface area contributed by atoms with Crippen LogP contribution in [-0.2, 0) is 10.0 Å². The van der Waals surface area contributed by atoms with Gasteiger partial charge in [-0.2, -0.15) is 0 Å². The van der Waals surface area contributed by atoms with Gasteiger partial charge in [-0.25, -0.2) is 23.5 Å². The molecule has 0 bridgehead atoms. The molecule has 2 aromatic carbocycles. The van der Waals surface area contributed by atoms with Gasteiger partial charge < -0.3 is 5.32 Å². The first-order chi connectivity index (χ1) is 11.0.